The number of rotatable bonds is 6. The Morgan fingerprint density at radius 2 is 1.77 bits per heavy atom. The molecule has 0 N–H and O–H groups in total. The fourth-order valence-electron chi connectivity index (χ4n) is 2.37. The average Bonchev–Trinajstić information content (AvgIpc) is 2.66. The molecule has 164 valence electrons. The van der Waals surface area contributed by atoms with Gasteiger partial charge in [0.1, 0.15) is 23.1 Å². The molecule has 0 saturated carbocycles. The third kappa shape index (κ3) is 5.06. The van der Waals surface area contributed by atoms with Crippen LogP contribution < -0.4 is 4.74 Å². The van der Waals surface area contributed by atoms with E-state index in [-0.39, 0.29) is 5.75 Å². The van der Waals surface area contributed by atoms with E-state index < -0.39 is 57.2 Å². The monoisotopic (exact) mass is 444 g/mol. The Hall–Kier alpha value is -3.75. The molecule has 7 nitrogen and oxygen atoms in total. The van der Waals surface area contributed by atoms with E-state index in [0.29, 0.717) is 12.1 Å². The molecule has 0 aromatic heterocycles. The van der Waals surface area contributed by atoms with E-state index in [1.807, 2.05) is 0 Å². The largest absolute Gasteiger partial charge is 0.459 e. The molecule has 0 aliphatic carbocycles. The minimum atomic E-state index is -5.87. The summed E-state index contributed by atoms with van der Waals surface area (Å²) in [5, 5.41) is 20.3. The summed E-state index contributed by atoms with van der Waals surface area (Å²) in [7, 11) is 0. The second-order valence-electron chi connectivity index (χ2n) is 6.39. The van der Waals surface area contributed by atoms with Crippen molar-refractivity contribution in [3.8, 4) is 17.6 Å². The van der Waals surface area contributed by atoms with Crippen LogP contribution in [0.25, 0.3) is 0 Å². The second kappa shape index (κ2) is 8.55. The number of esters is 1. The Morgan fingerprint density at radius 1 is 1.13 bits per heavy atom. The highest BCUT2D eigenvalue weighted by Gasteiger charge is 2.58. The first-order chi connectivity index (χ1) is 14.3. The number of ether oxygens (including phenoxy) is 2. The van der Waals surface area contributed by atoms with E-state index >= 15 is 0 Å². The van der Waals surface area contributed by atoms with Crippen LogP contribution in [0.2, 0.25) is 0 Å². The Balaban J connectivity index is 2.46. The van der Waals surface area contributed by atoms with Crippen LogP contribution in [-0.2, 0) is 10.7 Å². The second-order valence-corrected chi connectivity index (χ2v) is 6.39. The standard InChI is InChI=1S/C19H13F5N2O5/c1-10(2)30-17(27)14-8-13(4-5-15(14)26(28)29)31-16-6-3-12(7-11(16)9-25)18(20,21)19(22,23)24/h3-8,10H,1-2H3. The Morgan fingerprint density at radius 3 is 2.29 bits per heavy atom. The highest BCUT2D eigenvalue weighted by molar-refractivity contribution is 5.94. The van der Waals surface area contributed by atoms with E-state index in [2.05, 4.69) is 0 Å². The maximum absolute atomic E-state index is 13.5. The first kappa shape index (κ1) is 23.5. The lowest BCUT2D eigenvalue weighted by molar-refractivity contribution is -0.385. The first-order valence-corrected chi connectivity index (χ1v) is 8.44. The summed E-state index contributed by atoms with van der Waals surface area (Å²) in [5.41, 5.74) is -3.19. The fraction of sp³-hybridized carbons (Fsp3) is 0.263. The summed E-state index contributed by atoms with van der Waals surface area (Å²) < 4.78 is 74.9. The molecular formula is C19H13F5N2O5. The molecule has 0 unspecified atom stereocenters. The predicted octanol–water partition coefficient (Wildman–Crippen LogP) is 5.48. The molecule has 0 radical (unpaired) electrons. The zero-order valence-corrected chi connectivity index (χ0v) is 15.9. The molecule has 0 heterocycles. The van der Waals surface area contributed by atoms with Crippen molar-refractivity contribution in [1.82, 2.24) is 0 Å². The topological polar surface area (TPSA) is 102 Å². The van der Waals surface area contributed by atoms with E-state index in [1.165, 1.54) is 19.9 Å². The molecule has 2 aromatic carbocycles. The van der Waals surface area contributed by atoms with E-state index in [4.69, 9.17) is 14.7 Å². The summed E-state index contributed by atoms with van der Waals surface area (Å²) in [4.78, 5) is 22.4. The van der Waals surface area contributed by atoms with Crippen LogP contribution in [0.15, 0.2) is 36.4 Å². The van der Waals surface area contributed by atoms with Crippen LogP contribution in [0.1, 0.15) is 35.3 Å². The van der Waals surface area contributed by atoms with Crippen molar-refractivity contribution in [2.75, 3.05) is 0 Å². The number of nitrogens with zero attached hydrogens (tertiary/aromatic N) is 2. The van der Waals surface area contributed by atoms with Gasteiger partial charge in [0.2, 0.25) is 0 Å². The minimum absolute atomic E-state index is 0.215. The SMILES string of the molecule is CC(C)OC(=O)c1cc(Oc2ccc(C(F)(F)C(F)(F)F)cc2C#N)ccc1[N+](=O)[O-]. The molecular weight excluding hydrogens is 431 g/mol. The molecule has 0 aliphatic heterocycles. The molecule has 0 aliphatic rings. The number of nitriles is 1. The van der Waals surface area contributed by atoms with Crippen molar-refractivity contribution >= 4 is 11.7 Å². The minimum Gasteiger partial charge on any atom is -0.459 e. The molecule has 0 atom stereocenters. The Bertz CT molecular complexity index is 1060. The lowest BCUT2D eigenvalue weighted by Crippen LogP contribution is -2.33. The molecule has 0 fully saturated rings. The predicted molar refractivity (Wildman–Crippen MR) is 94.8 cm³/mol. The van der Waals surface area contributed by atoms with E-state index in [0.717, 1.165) is 24.3 Å². The number of nitro benzene ring substituents is 1. The molecule has 0 bridgehead atoms. The quantitative estimate of drug-likeness (QED) is 0.253. The summed E-state index contributed by atoms with van der Waals surface area (Å²) in [6.07, 6.45) is -6.46. The van der Waals surface area contributed by atoms with Crippen LogP contribution in [0.4, 0.5) is 27.6 Å². The van der Waals surface area contributed by atoms with Crippen LogP contribution in [0.5, 0.6) is 11.5 Å². The lowest BCUT2D eigenvalue weighted by Gasteiger charge is -2.20. The van der Waals surface area contributed by atoms with E-state index in [1.54, 1.807) is 0 Å². The molecule has 0 saturated heterocycles. The maximum atomic E-state index is 13.5. The lowest BCUT2D eigenvalue weighted by atomic mass is 10.0. The third-order valence-corrected chi connectivity index (χ3v) is 3.77. The van der Waals surface area contributed by atoms with Gasteiger partial charge in [0, 0.05) is 17.7 Å². The Labute approximate surface area is 171 Å². The molecule has 2 aromatic rings. The summed E-state index contributed by atoms with van der Waals surface area (Å²) >= 11 is 0. The van der Waals surface area contributed by atoms with Gasteiger partial charge in [-0.3, -0.25) is 10.1 Å². The van der Waals surface area contributed by atoms with Crippen LogP contribution in [0.3, 0.4) is 0 Å². The van der Waals surface area contributed by atoms with Gasteiger partial charge in [-0.1, -0.05) is 0 Å². The number of hydrogen-bond acceptors (Lipinski definition) is 6. The van der Waals surface area contributed by atoms with Gasteiger partial charge in [-0.05, 0) is 38.1 Å². The summed E-state index contributed by atoms with van der Waals surface area (Å²) in [5.74, 6) is -6.85. The van der Waals surface area contributed by atoms with Gasteiger partial charge < -0.3 is 9.47 Å². The Kier molecular flexibility index (Phi) is 6.49. The van der Waals surface area contributed by atoms with Gasteiger partial charge in [0.05, 0.1) is 16.6 Å². The number of carbonyl (C=O) groups excluding carboxylic acids is 1. The number of hydrogen-bond donors (Lipinski definition) is 0. The van der Waals surface area contributed by atoms with Gasteiger partial charge in [-0.15, -0.1) is 0 Å². The smallest absolute Gasteiger partial charge is 0.458 e. The zero-order valence-electron chi connectivity index (χ0n) is 15.9. The summed E-state index contributed by atoms with van der Waals surface area (Å²) in [6.45, 7) is 3.03. The highest BCUT2D eigenvalue weighted by atomic mass is 19.4. The van der Waals surface area contributed by atoms with Crippen molar-refractivity contribution < 1.29 is 41.1 Å². The molecule has 0 amide bonds. The number of benzene rings is 2. The van der Waals surface area contributed by atoms with Crippen molar-refractivity contribution in [3.63, 3.8) is 0 Å². The number of alkyl halides is 5. The summed E-state index contributed by atoms with van der Waals surface area (Å²) in [6, 6.07) is 5.84. The molecule has 12 heteroatoms. The van der Waals surface area contributed by atoms with Gasteiger partial charge >= 0.3 is 18.1 Å². The molecule has 31 heavy (non-hydrogen) atoms. The third-order valence-electron chi connectivity index (χ3n) is 3.77. The molecule has 2 rings (SSSR count). The van der Waals surface area contributed by atoms with Crippen LogP contribution >= 0.6 is 0 Å². The highest BCUT2D eigenvalue weighted by Crippen LogP contribution is 2.45. The van der Waals surface area contributed by atoms with Gasteiger partial charge in [0.25, 0.3) is 5.69 Å². The van der Waals surface area contributed by atoms with Crippen LogP contribution in [0, 0.1) is 21.4 Å². The van der Waals surface area contributed by atoms with Crippen molar-refractivity contribution in [2.24, 2.45) is 0 Å². The zero-order chi connectivity index (χ0) is 23.6. The maximum Gasteiger partial charge on any atom is 0.458 e. The molecule has 0 spiro atoms. The number of carbonyl (C=O) groups is 1. The van der Waals surface area contributed by atoms with Crippen molar-refractivity contribution in [3.05, 3.63) is 63.2 Å². The van der Waals surface area contributed by atoms with Crippen LogP contribution in [-0.4, -0.2) is 23.2 Å². The fourth-order valence-corrected chi connectivity index (χ4v) is 2.37. The number of nitro groups is 1. The van der Waals surface area contributed by atoms with Crippen molar-refractivity contribution in [1.29, 1.82) is 5.26 Å². The van der Waals surface area contributed by atoms with E-state index in [9.17, 15) is 36.9 Å². The van der Waals surface area contributed by atoms with Gasteiger partial charge in [0.15, 0.2) is 0 Å². The average molecular weight is 444 g/mol. The van der Waals surface area contributed by atoms with Crippen molar-refractivity contribution in [2.45, 2.75) is 32.1 Å². The first-order valence-electron chi connectivity index (χ1n) is 8.44. The van der Waals surface area contributed by atoms with Gasteiger partial charge in [-0.2, -0.15) is 27.2 Å². The normalized spacial score (nSPS) is 11.7. The van der Waals surface area contributed by atoms with Gasteiger partial charge in [-0.25, -0.2) is 4.79 Å². The number of halogens is 5.